The highest BCUT2D eigenvalue weighted by atomic mass is 35.5. The van der Waals surface area contributed by atoms with Crippen molar-refractivity contribution in [2.75, 3.05) is 37.6 Å². The number of carbonyl (C=O) groups is 1. The van der Waals surface area contributed by atoms with E-state index < -0.39 is 11.7 Å². The lowest BCUT2D eigenvalue weighted by molar-refractivity contribution is -0.137. The molecule has 0 saturated carbocycles. The largest absolute Gasteiger partial charge is 0.417 e. The number of aromatic nitrogens is 1. The number of rotatable bonds is 4. The van der Waals surface area contributed by atoms with Crippen LogP contribution in [-0.4, -0.2) is 54.6 Å². The van der Waals surface area contributed by atoms with Crippen molar-refractivity contribution >= 4 is 23.3 Å². The Balaban J connectivity index is 2.01. The number of carbonyl (C=O) groups excluding carboxylic acids is 1. The van der Waals surface area contributed by atoms with Crippen molar-refractivity contribution < 1.29 is 18.0 Å². The van der Waals surface area contributed by atoms with Crippen molar-refractivity contribution in [3.05, 3.63) is 22.8 Å². The molecular formula is C15H20ClF3N4O. The van der Waals surface area contributed by atoms with Crippen molar-refractivity contribution in [3.63, 3.8) is 0 Å². The fourth-order valence-corrected chi connectivity index (χ4v) is 2.91. The maximum Gasteiger partial charge on any atom is 0.417 e. The normalized spacial score (nSPS) is 17.7. The Hall–Kier alpha value is -1.54. The lowest BCUT2D eigenvalue weighted by atomic mass is 10.2. The van der Waals surface area contributed by atoms with Crippen molar-refractivity contribution in [2.45, 2.75) is 26.1 Å². The molecule has 134 valence electrons. The molecule has 24 heavy (non-hydrogen) atoms. The summed E-state index contributed by atoms with van der Waals surface area (Å²) >= 11 is 5.98. The molecule has 2 heterocycles. The van der Waals surface area contributed by atoms with E-state index in [0.29, 0.717) is 38.5 Å². The molecule has 1 aliphatic rings. The number of hydrogen-bond acceptors (Lipinski definition) is 4. The van der Waals surface area contributed by atoms with E-state index in [2.05, 4.69) is 10.3 Å². The second kappa shape index (κ2) is 7.57. The van der Waals surface area contributed by atoms with Gasteiger partial charge in [0.05, 0.1) is 16.6 Å². The number of amides is 1. The zero-order valence-electron chi connectivity index (χ0n) is 13.5. The van der Waals surface area contributed by atoms with Crippen LogP contribution in [0.15, 0.2) is 12.3 Å². The molecule has 1 aromatic heterocycles. The van der Waals surface area contributed by atoms with E-state index in [0.717, 1.165) is 12.3 Å². The minimum Gasteiger partial charge on any atom is -0.355 e. The second-order valence-electron chi connectivity index (χ2n) is 5.62. The third kappa shape index (κ3) is 4.30. The van der Waals surface area contributed by atoms with Gasteiger partial charge < -0.3 is 10.2 Å². The van der Waals surface area contributed by atoms with Gasteiger partial charge in [0.15, 0.2) is 0 Å². The van der Waals surface area contributed by atoms with E-state index in [9.17, 15) is 18.0 Å². The van der Waals surface area contributed by atoms with Crippen molar-refractivity contribution in [2.24, 2.45) is 0 Å². The summed E-state index contributed by atoms with van der Waals surface area (Å²) in [5, 5.41) is 2.76. The SMILES string of the molecule is CCNC(=O)[C@@H](C)N1CCN(c2ncc(C(F)(F)F)cc2Cl)CC1. The number of hydrogen-bond donors (Lipinski definition) is 1. The molecule has 9 heteroatoms. The Kier molecular flexibility index (Phi) is 5.92. The summed E-state index contributed by atoms with van der Waals surface area (Å²) in [6.07, 6.45) is -3.67. The zero-order chi connectivity index (χ0) is 17.9. The van der Waals surface area contributed by atoms with Gasteiger partial charge in [-0.1, -0.05) is 11.6 Å². The minimum absolute atomic E-state index is 0.0185. The van der Waals surface area contributed by atoms with Crippen LogP contribution in [0.1, 0.15) is 19.4 Å². The Morgan fingerprint density at radius 2 is 2.00 bits per heavy atom. The van der Waals surface area contributed by atoms with Gasteiger partial charge in [-0.15, -0.1) is 0 Å². The molecule has 0 aliphatic carbocycles. The van der Waals surface area contributed by atoms with Crippen LogP contribution in [-0.2, 0) is 11.0 Å². The van der Waals surface area contributed by atoms with E-state index in [1.54, 1.807) is 0 Å². The molecule has 1 fully saturated rings. The van der Waals surface area contributed by atoms with E-state index >= 15 is 0 Å². The first-order valence-corrected chi connectivity index (χ1v) is 8.11. The zero-order valence-corrected chi connectivity index (χ0v) is 14.3. The van der Waals surface area contributed by atoms with E-state index in [1.807, 2.05) is 23.6 Å². The molecular weight excluding hydrogens is 345 g/mol. The summed E-state index contributed by atoms with van der Waals surface area (Å²) in [5.41, 5.74) is -0.861. The molecule has 5 nitrogen and oxygen atoms in total. The first-order chi connectivity index (χ1) is 11.2. The smallest absolute Gasteiger partial charge is 0.355 e. The van der Waals surface area contributed by atoms with Crippen LogP contribution in [0.5, 0.6) is 0 Å². The number of nitrogens with zero attached hydrogens (tertiary/aromatic N) is 3. The Bertz CT molecular complexity index is 589. The maximum atomic E-state index is 12.7. The van der Waals surface area contributed by atoms with Crippen molar-refractivity contribution in [1.82, 2.24) is 15.2 Å². The van der Waals surface area contributed by atoms with Gasteiger partial charge in [0.25, 0.3) is 0 Å². The number of likely N-dealkylation sites (N-methyl/N-ethyl adjacent to an activating group) is 1. The molecule has 0 spiro atoms. The highest BCUT2D eigenvalue weighted by molar-refractivity contribution is 6.33. The monoisotopic (exact) mass is 364 g/mol. The number of piperazine rings is 1. The van der Waals surface area contributed by atoms with Gasteiger partial charge in [-0.05, 0) is 19.9 Å². The molecule has 0 aromatic carbocycles. The second-order valence-corrected chi connectivity index (χ2v) is 6.03. The number of halogens is 4. The molecule has 1 amide bonds. The number of nitrogens with one attached hydrogen (secondary N) is 1. The predicted molar refractivity (Wildman–Crippen MR) is 86.2 cm³/mol. The summed E-state index contributed by atoms with van der Waals surface area (Å²) in [4.78, 5) is 19.6. The van der Waals surface area contributed by atoms with Gasteiger partial charge in [-0.2, -0.15) is 13.2 Å². The van der Waals surface area contributed by atoms with Gasteiger partial charge in [0.2, 0.25) is 5.91 Å². The van der Waals surface area contributed by atoms with Crippen LogP contribution in [0.2, 0.25) is 5.02 Å². The molecule has 1 aliphatic heterocycles. The van der Waals surface area contributed by atoms with Crippen molar-refractivity contribution in [1.29, 1.82) is 0 Å². The van der Waals surface area contributed by atoms with Crippen LogP contribution in [0, 0.1) is 0 Å². The van der Waals surface area contributed by atoms with Gasteiger partial charge in [0, 0.05) is 38.9 Å². The molecule has 0 bridgehead atoms. The molecule has 0 unspecified atom stereocenters. The Labute approximate surface area is 143 Å². The predicted octanol–water partition coefficient (Wildman–Crippen LogP) is 2.40. The minimum atomic E-state index is -4.46. The average Bonchev–Trinajstić information content (AvgIpc) is 2.53. The van der Waals surface area contributed by atoms with E-state index in [-0.39, 0.29) is 17.0 Å². The highest BCUT2D eigenvalue weighted by Crippen LogP contribution is 2.33. The standard InChI is InChI=1S/C15H20ClF3N4O/c1-3-20-14(24)10(2)22-4-6-23(7-5-22)13-12(16)8-11(9-21-13)15(17,18)19/h8-10H,3-7H2,1-2H3,(H,20,24)/t10-/m1/s1. The van der Waals surface area contributed by atoms with Gasteiger partial charge in [0.1, 0.15) is 5.82 Å². The Morgan fingerprint density at radius 3 is 2.50 bits per heavy atom. The first-order valence-electron chi connectivity index (χ1n) is 7.73. The number of alkyl halides is 3. The number of anilines is 1. The first kappa shape index (κ1) is 18.8. The number of pyridine rings is 1. The maximum absolute atomic E-state index is 12.7. The molecule has 1 saturated heterocycles. The third-order valence-corrected chi connectivity index (χ3v) is 4.32. The fraction of sp³-hybridized carbons (Fsp3) is 0.600. The van der Waals surface area contributed by atoms with E-state index in [4.69, 9.17) is 11.6 Å². The Morgan fingerprint density at radius 1 is 1.38 bits per heavy atom. The topological polar surface area (TPSA) is 48.5 Å². The third-order valence-electron chi connectivity index (χ3n) is 4.04. The van der Waals surface area contributed by atoms with Crippen LogP contribution in [0.25, 0.3) is 0 Å². The molecule has 0 radical (unpaired) electrons. The molecule has 1 atom stereocenters. The fourth-order valence-electron chi connectivity index (χ4n) is 2.63. The van der Waals surface area contributed by atoms with Crippen LogP contribution < -0.4 is 10.2 Å². The van der Waals surface area contributed by atoms with Gasteiger partial charge in [-0.3, -0.25) is 9.69 Å². The lowest BCUT2D eigenvalue weighted by Crippen LogP contribution is -2.54. The summed E-state index contributed by atoms with van der Waals surface area (Å²) < 4.78 is 38.0. The molecule has 1 N–H and O–H groups in total. The summed E-state index contributed by atoms with van der Waals surface area (Å²) in [6, 6.07) is 0.649. The van der Waals surface area contributed by atoms with Crippen LogP contribution >= 0.6 is 11.6 Å². The van der Waals surface area contributed by atoms with Gasteiger partial charge >= 0.3 is 6.18 Å². The highest BCUT2D eigenvalue weighted by Gasteiger charge is 2.32. The lowest BCUT2D eigenvalue weighted by Gasteiger charge is -2.38. The summed E-state index contributed by atoms with van der Waals surface area (Å²) in [6.45, 7) is 6.58. The van der Waals surface area contributed by atoms with Crippen LogP contribution in [0.3, 0.4) is 0 Å². The van der Waals surface area contributed by atoms with E-state index in [1.165, 1.54) is 0 Å². The molecule has 1 aromatic rings. The van der Waals surface area contributed by atoms with Crippen molar-refractivity contribution in [3.8, 4) is 0 Å². The quantitative estimate of drug-likeness (QED) is 0.891. The summed E-state index contributed by atoms with van der Waals surface area (Å²) in [7, 11) is 0. The average molecular weight is 365 g/mol. The summed E-state index contributed by atoms with van der Waals surface area (Å²) in [5.74, 6) is 0.312. The van der Waals surface area contributed by atoms with Gasteiger partial charge in [-0.25, -0.2) is 4.98 Å². The van der Waals surface area contributed by atoms with Crippen LogP contribution in [0.4, 0.5) is 19.0 Å². The molecule has 2 rings (SSSR count).